The molecule has 5 heteroatoms. The van der Waals surface area contributed by atoms with Gasteiger partial charge in [0.25, 0.3) is 0 Å². The second-order valence-electron chi connectivity index (χ2n) is 9.34. The first kappa shape index (κ1) is 22.4. The number of hydrogen-bond acceptors (Lipinski definition) is 3. The van der Waals surface area contributed by atoms with Gasteiger partial charge in [-0.1, -0.05) is 56.5 Å². The minimum Gasteiger partial charge on any atom is -0.497 e. The Kier molecular flexibility index (Phi) is 6.56. The SMILES string of the molecule is COc1ccc2c(CN[C@@H]3CCC[C@H](C)[C@H]3C)c(C(=O)O)n(Cc3ccc(C)cc3)c2c1. The lowest BCUT2D eigenvalue weighted by atomic mass is 9.78. The Bertz CT molecular complexity index is 1100. The number of carboxylic acids is 1. The Hall–Kier alpha value is -2.79. The summed E-state index contributed by atoms with van der Waals surface area (Å²) in [5, 5.41) is 14.9. The zero-order chi connectivity index (χ0) is 22.8. The van der Waals surface area contributed by atoms with Crippen LogP contribution in [0.1, 0.15) is 60.3 Å². The molecule has 1 aliphatic rings. The van der Waals surface area contributed by atoms with Crippen LogP contribution in [-0.4, -0.2) is 28.8 Å². The molecule has 0 unspecified atom stereocenters. The van der Waals surface area contributed by atoms with Crippen molar-refractivity contribution in [2.24, 2.45) is 11.8 Å². The highest BCUT2D eigenvalue weighted by Crippen LogP contribution is 2.33. The predicted octanol–water partition coefficient (Wildman–Crippen LogP) is 5.62. The summed E-state index contributed by atoms with van der Waals surface area (Å²) in [6.07, 6.45) is 3.64. The highest BCUT2D eigenvalue weighted by molar-refractivity contribution is 5.98. The fourth-order valence-corrected chi connectivity index (χ4v) is 5.09. The van der Waals surface area contributed by atoms with Crippen LogP contribution in [0.4, 0.5) is 0 Å². The zero-order valence-corrected chi connectivity index (χ0v) is 19.5. The molecule has 1 aliphatic carbocycles. The minimum absolute atomic E-state index is 0.359. The summed E-state index contributed by atoms with van der Waals surface area (Å²) in [7, 11) is 1.64. The number of carbonyl (C=O) groups is 1. The van der Waals surface area contributed by atoms with Gasteiger partial charge in [-0.2, -0.15) is 0 Å². The first-order chi connectivity index (χ1) is 15.4. The average molecular weight is 435 g/mol. The molecule has 0 spiro atoms. The number of rotatable bonds is 7. The number of carboxylic acid groups (broad SMARTS) is 1. The van der Waals surface area contributed by atoms with Gasteiger partial charge in [0, 0.05) is 36.1 Å². The van der Waals surface area contributed by atoms with Crippen LogP contribution in [-0.2, 0) is 13.1 Å². The standard InChI is InChI=1S/C27H34N2O3/c1-17-8-10-20(11-9-17)16-29-25-14-21(32-4)12-13-22(25)23(26(29)27(30)31)15-28-24-7-5-6-18(2)19(24)3/h8-14,18-19,24,28H,5-7,15-16H2,1-4H3,(H,30,31)/t18-,19+,24+/m0/s1. The Morgan fingerprint density at radius 1 is 1.16 bits per heavy atom. The van der Waals surface area contributed by atoms with Gasteiger partial charge in [-0.25, -0.2) is 4.79 Å². The smallest absolute Gasteiger partial charge is 0.352 e. The number of methoxy groups -OCH3 is 1. The van der Waals surface area contributed by atoms with Gasteiger partial charge < -0.3 is 19.7 Å². The van der Waals surface area contributed by atoms with Crippen molar-refractivity contribution >= 4 is 16.9 Å². The van der Waals surface area contributed by atoms with E-state index in [-0.39, 0.29) is 0 Å². The van der Waals surface area contributed by atoms with Crippen LogP contribution in [0.25, 0.3) is 10.9 Å². The number of nitrogens with zero attached hydrogens (tertiary/aromatic N) is 1. The van der Waals surface area contributed by atoms with E-state index in [2.05, 4.69) is 50.4 Å². The van der Waals surface area contributed by atoms with Crippen LogP contribution in [0.3, 0.4) is 0 Å². The maximum atomic E-state index is 12.5. The van der Waals surface area contributed by atoms with Crippen molar-refractivity contribution in [3.63, 3.8) is 0 Å². The van der Waals surface area contributed by atoms with E-state index in [9.17, 15) is 9.90 Å². The molecule has 3 aromatic rings. The molecule has 0 saturated heterocycles. The van der Waals surface area contributed by atoms with E-state index >= 15 is 0 Å². The largest absolute Gasteiger partial charge is 0.497 e. The number of benzene rings is 2. The van der Waals surface area contributed by atoms with E-state index in [1.807, 2.05) is 22.8 Å². The normalized spacial score (nSPS) is 21.1. The van der Waals surface area contributed by atoms with Gasteiger partial charge in [0.2, 0.25) is 0 Å². The Morgan fingerprint density at radius 3 is 2.59 bits per heavy atom. The van der Waals surface area contributed by atoms with Crippen molar-refractivity contribution in [2.75, 3.05) is 7.11 Å². The Balaban J connectivity index is 1.76. The summed E-state index contributed by atoms with van der Waals surface area (Å²) in [5.41, 5.74) is 4.37. The lowest BCUT2D eigenvalue weighted by Gasteiger charge is -2.34. The van der Waals surface area contributed by atoms with Gasteiger partial charge in [0.1, 0.15) is 11.4 Å². The lowest BCUT2D eigenvalue weighted by molar-refractivity contribution is 0.0684. The van der Waals surface area contributed by atoms with Gasteiger partial charge >= 0.3 is 5.97 Å². The van der Waals surface area contributed by atoms with Gasteiger partial charge in [0.15, 0.2) is 0 Å². The number of aryl methyl sites for hydroxylation is 1. The molecule has 0 amide bonds. The van der Waals surface area contributed by atoms with E-state index < -0.39 is 5.97 Å². The molecular formula is C27H34N2O3. The van der Waals surface area contributed by atoms with Crippen LogP contribution in [0.2, 0.25) is 0 Å². The summed E-state index contributed by atoms with van der Waals surface area (Å²) in [6.45, 7) is 7.74. The first-order valence-electron chi connectivity index (χ1n) is 11.6. The maximum Gasteiger partial charge on any atom is 0.352 e. The third kappa shape index (κ3) is 4.40. The van der Waals surface area contributed by atoms with Gasteiger partial charge in [-0.3, -0.25) is 0 Å². The highest BCUT2D eigenvalue weighted by atomic mass is 16.5. The Morgan fingerprint density at radius 2 is 1.91 bits per heavy atom. The maximum absolute atomic E-state index is 12.5. The molecule has 5 nitrogen and oxygen atoms in total. The molecule has 4 rings (SSSR count). The third-order valence-corrected chi connectivity index (χ3v) is 7.29. The van der Waals surface area contributed by atoms with E-state index in [1.165, 1.54) is 18.4 Å². The van der Waals surface area contributed by atoms with Crippen molar-refractivity contribution in [1.82, 2.24) is 9.88 Å². The van der Waals surface area contributed by atoms with Crippen molar-refractivity contribution < 1.29 is 14.6 Å². The summed E-state index contributed by atoms with van der Waals surface area (Å²) in [6, 6.07) is 14.5. The number of fused-ring (bicyclic) bond motifs is 1. The van der Waals surface area contributed by atoms with Crippen molar-refractivity contribution in [3.05, 3.63) is 64.8 Å². The van der Waals surface area contributed by atoms with E-state index in [0.29, 0.717) is 36.7 Å². The molecular weight excluding hydrogens is 400 g/mol. The highest BCUT2D eigenvalue weighted by Gasteiger charge is 2.28. The predicted molar refractivity (Wildman–Crippen MR) is 129 cm³/mol. The summed E-state index contributed by atoms with van der Waals surface area (Å²) in [4.78, 5) is 12.5. The van der Waals surface area contributed by atoms with E-state index in [0.717, 1.165) is 34.2 Å². The van der Waals surface area contributed by atoms with Crippen molar-refractivity contribution in [1.29, 1.82) is 0 Å². The molecule has 0 radical (unpaired) electrons. The molecule has 1 heterocycles. The lowest BCUT2D eigenvalue weighted by Crippen LogP contribution is -2.40. The first-order valence-corrected chi connectivity index (χ1v) is 11.6. The molecule has 0 bridgehead atoms. The second-order valence-corrected chi connectivity index (χ2v) is 9.34. The fraction of sp³-hybridized carbons (Fsp3) is 0.444. The topological polar surface area (TPSA) is 63.5 Å². The molecule has 2 aromatic carbocycles. The number of aromatic carboxylic acids is 1. The van der Waals surface area contributed by atoms with Gasteiger partial charge in [-0.15, -0.1) is 0 Å². The van der Waals surface area contributed by atoms with Crippen LogP contribution in [0.5, 0.6) is 5.75 Å². The molecule has 2 N–H and O–H groups in total. The number of aromatic nitrogens is 1. The van der Waals surface area contributed by atoms with Gasteiger partial charge in [0.05, 0.1) is 12.6 Å². The monoisotopic (exact) mass is 434 g/mol. The quantitative estimate of drug-likeness (QED) is 0.507. The van der Waals surface area contributed by atoms with Crippen LogP contribution in [0, 0.1) is 18.8 Å². The van der Waals surface area contributed by atoms with Crippen LogP contribution in [0.15, 0.2) is 42.5 Å². The van der Waals surface area contributed by atoms with Crippen LogP contribution < -0.4 is 10.1 Å². The summed E-state index contributed by atoms with van der Waals surface area (Å²) >= 11 is 0. The molecule has 1 aromatic heterocycles. The molecule has 0 aliphatic heterocycles. The van der Waals surface area contributed by atoms with E-state index in [4.69, 9.17) is 4.74 Å². The molecule has 1 fully saturated rings. The second kappa shape index (κ2) is 9.37. The summed E-state index contributed by atoms with van der Waals surface area (Å²) in [5.74, 6) is 1.10. The zero-order valence-electron chi connectivity index (χ0n) is 19.5. The average Bonchev–Trinajstić information content (AvgIpc) is 3.09. The fourth-order valence-electron chi connectivity index (χ4n) is 5.09. The number of hydrogen-bond donors (Lipinski definition) is 2. The van der Waals surface area contributed by atoms with Crippen molar-refractivity contribution in [2.45, 2.75) is 59.2 Å². The molecule has 3 atom stereocenters. The molecule has 1 saturated carbocycles. The number of ether oxygens (including phenoxy) is 1. The van der Waals surface area contributed by atoms with Crippen LogP contribution >= 0.6 is 0 Å². The third-order valence-electron chi connectivity index (χ3n) is 7.29. The Labute approximate surface area is 190 Å². The summed E-state index contributed by atoms with van der Waals surface area (Å²) < 4.78 is 7.38. The van der Waals surface area contributed by atoms with E-state index in [1.54, 1.807) is 7.11 Å². The number of nitrogens with one attached hydrogen (secondary N) is 1. The minimum atomic E-state index is -0.894. The molecule has 170 valence electrons. The molecule has 32 heavy (non-hydrogen) atoms. The van der Waals surface area contributed by atoms with Crippen molar-refractivity contribution in [3.8, 4) is 5.75 Å². The van der Waals surface area contributed by atoms with Gasteiger partial charge in [-0.05, 0) is 42.9 Å².